The summed E-state index contributed by atoms with van der Waals surface area (Å²) >= 11 is 0. The summed E-state index contributed by atoms with van der Waals surface area (Å²) in [5.74, 6) is 6.02. The summed E-state index contributed by atoms with van der Waals surface area (Å²) in [6.45, 7) is 0.873. The van der Waals surface area contributed by atoms with Crippen molar-refractivity contribution in [2.45, 2.75) is 73.4 Å². The number of likely N-dealkylation sites (N-methyl/N-ethyl adjacent to an activating group) is 1. The molecule has 12 nitrogen and oxygen atoms in total. The molecule has 1 spiro atoms. The summed E-state index contributed by atoms with van der Waals surface area (Å²) in [5, 5.41) is 42.2. The molecule has 35 heavy (non-hydrogen) atoms. The van der Waals surface area contributed by atoms with Crippen LogP contribution in [0.25, 0.3) is 0 Å². The lowest BCUT2D eigenvalue weighted by Crippen LogP contribution is -2.68. The molecule has 2 bridgehead atoms. The first-order valence-electron chi connectivity index (χ1n) is 12.0. The van der Waals surface area contributed by atoms with Gasteiger partial charge in [0.1, 0.15) is 36.6 Å². The van der Waals surface area contributed by atoms with Gasteiger partial charge in [0.25, 0.3) is 0 Å². The van der Waals surface area contributed by atoms with Crippen LogP contribution in [0.4, 0.5) is 0 Å². The summed E-state index contributed by atoms with van der Waals surface area (Å²) in [7, 11) is 2.14. The highest BCUT2D eigenvalue weighted by Crippen LogP contribution is 2.62. The van der Waals surface area contributed by atoms with Crippen LogP contribution in [0.3, 0.4) is 0 Å². The third-order valence-electron chi connectivity index (χ3n) is 8.63. The number of hydrogen-bond acceptors (Lipinski definition) is 12. The van der Waals surface area contributed by atoms with Crippen LogP contribution < -0.4 is 27.3 Å². The van der Waals surface area contributed by atoms with Gasteiger partial charge in [-0.15, -0.1) is 0 Å². The van der Waals surface area contributed by atoms with E-state index < -0.39 is 54.5 Å². The van der Waals surface area contributed by atoms with Crippen molar-refractivity contribution in [3.63, 3.8) is 0 Å². The van der Waals surface area contributed by atoms with Gasteiger partial charge in [-0.05, 0) is 38.1 Å². The molecule has 0 aromatic heterocycles. The molecule has 0 amide bonds. The third-order valence-corrected chi connectivity index (χ3v) is 8.63. The molecule has 2 fully saturated rings. The van der Waals surface area contributed by atoms with Crippen molar-refractivity contribution < 1.29 is 34.6 Å². The Hall–Kier alpha value is -1.84. The fourth-order valence-corrected chi connectivity index (χ4v) is 6.95. The topological polar surface area (TPSA) is 188 Å². The predicted octanol–water partition coefficient (Wildman–Crippen LogP) is -2.72. The van der Waals surface area contributed by atoms with Crippen LogP contribution >= 0.6 is 0 Å². The van der Waals surface area contributed by atoms with Gasteiger partial charge in [-0.2, -0.15) is 5.53 Å². The van der Waals surface area contributed by atoms with Crippen molar-refractivity contribution in [1.29, 1.82) is 0 Å². The van der Waals surface area contributed by atoms with Crippen molar-refractivity contribution in [2.24, 2.45) is 17.5 Å². The minimum Gasteiger partial charge on any atom is -0.504 e. The molecule has 5 aliphatic rings. The fourth-order valence-electron chi connectivity index (χ4n) is 6.95. The number of nitrogens with two attached hydrogens (primary N) is 2. The Balaban J connectivity index is 1.34. The van der Waals surface area contributed by atoms with Crippen molar-refractivity contribution in [1.82, 2.24) is 15.9 Å². The Kier molecular flexibility index (Phi) is 5.62. The zero-order chi connectivity index (χ0) is 24.6. The van der Waals surface area contributed by atoms with Gasteiger partial charge >= 0.3 is 0 Å². The summed E-state index contributed by atoms with van der Waals surface area (Å²) < 4.78 is 18.5. The number of rotatable bonds is 5. The fraction of sp³-hybridized carbons (Fsp3) is 0.652. The summed E-state index contributed by atoms with van der Waals surface area (Å²) in [6, 6.07) is 3.95. The lowest BCUT2D eigenvalue weighted by Gasteiger charge is -2.57. The number of aromatic hydroxyl groups is 1. The quantitative estimate of drug-likeness (QED) is 0.0922. The standard InChI is InChI=1S/C23H33N5O7/c1-28-7-6-23-10-3-5-13(20(23)34-18-12(29)4-2-9(14(18)23)8-11(10)28)33-22-17(32)15(30)16(31)19(35-22)21(24)26-27-25/h2-5,10-11,13,15-17,19-22,26-27,29-32H,6-8,24-25H2,1H3/t10?,11-,13?,15?,16+,17+,19?,20+,21?,22-,23+/m1/s1. The van der Waals surface area contributed by atoms with Crippen molar-refractivity contribution in [3.05, 3.63) is 35.4 Å². The van der Waals surface area contributed by atoms with E-state index in [0.717, 1.165) is 24.9 Å². The molecule has 1 aromatic carbocycles. The van der Waals surface area contributed by atoms with Gasteiger partial charge in [0.2, 0.25) is 0 Å². The zero-order valence-electron chi connectivity index (χ0n) is 19.3. The number of ether oxygens (including phenoxy) is 3. The lowest BCUT2D eigenvalue weighted by molar-refractivity contribution is -0.314. The van der Waals surface area contributed by atoms with E-state index >= 15 is 0 Å². The monoisotopic (exact) mass is 491 g/mol. The molecule has 5 unspecified atom stereocenters. The summed E-state index contributed by atoms with van der Waals surface area (Å²) in [4.78, 5) is 2.38. The summed E-state index contributed by atoms with van der Waals surface area (Å²) in [6.07, 6.45) is -3.31. The molecule has 3 aliphatic heterocycles. The van der Waals surface area contributed by atoms with Gasteiger partial charge in [0, 0.05) is 22.9 Å². The Morgan fingerprint density at radius 2 is 2.00 bits per heavy atom. The largest absolute Gasteiger partial charge is 0.504 e. The van der Waals surface area contributed by atoms with E-state index in [1.165, 1.54) is 5.56 Å². The molecule has 12 heteroatoms. The molecule has 1 aromatic rings. The molecule has 6 rings (SSSR count). The van der Waals surface area contributed by atoms with Crippen molar-refractivity contribution >= 4 is 0 Å². The van der Waals surface area contributed by atoms with Gasteiger partial charge in [-0.25, -0.2) is 5.43 Å². The van der Waals surface area contributed by atoms with Crippen LogP contribution in [0.15, 0.2) is 24.3 Å². The third kappa shape index (κ3) is 3.23. The normalized spacial score (nSPS) is 44.6. The van der Waals surface area contributed by atoms with Crippen molar-refractivity contribution in [3.8, 4) is 11.5 Å². The van der Waals surface area contributed by atoms with E-state index in [4.69, 9.17) is 25.8 Å². The SMILES string of the molecule is CN1CC[C@]23c4c5ccc(O)c4O[C@H]2C(O[C@@H]2OC(C(N)NNN)[C@@H](O)C(O)[C@@H]2O)C=CC3[C@H]1C5. The average molecular weight is 492 g/mol. The first-order valence-corrected chi connectivity index (χ1v) is 12.0. The second kappa shape index (κ2) is 8.35. The molecule has 10 N–H and O–H groups in total. The maximum atomic E-state index is 10.7. The lowest BCUT2D eigenvalue weighted by atomic mass is 9.53. The molecular formula is C23H33N5O7. The second-order valence-electron chi connectivity index (χ2n) is 10.3. The van der Waals surface area contributed by atoms with Crippen LogP contribution in [-0.4, -0.2) is 94.0 Å². The van der Waals surface area contributed by atoms with Crippen LogP contribution in [0.1, 0.15) is 17.5 Å². The van der Waals surface area contributed by atoms with E-state index in [1.807, 2.05) is 12.1 Å². The average Bonchev–Trinajstić information content (AvgIpc) is 3.20. The number of benzene rings is 1. The highest BCUT2D eigenvalue weighted by molar-refractivity contribution is 5.61. The molecule has 192 valence electrons. The molecule has 2 saturated heterocycles. The Morgan fingerprint density at radius 3 is 2.77 bits per heavy atom. The van der Waals surface area contributed by atoms with Crippen LogP contribution in [0.2, 0.25) is 0 Å². The van der Waals surface area contributed by atoms with E-state index in [2.05, 4.69) is 29.0 Å². The predicted molar refractivity (Wildman–Crippen MR) is 122 cm³/mol. The second-order valence-corrected chi connectivity index (χ2v) is 10.3. The maximum absolute atomic E-state index is 10.7. The number of likely N-dealkylation sites (tertiary alicyclic amines) is 1. The number of piperidine rings is 1. The Bertz CT molecular complexity index is 1030. The van der Waals surface area contributed by atoms with Crippen molar-refractivity contribution in [2.75, 3.05) is 13.6 Å². The summed E-state index contributed by atoms with van der Waals surface area (Å²) in [5.41, 5.74) is 12.5. The molecule has 0 saturated carbocycles. The minimum atomic E-state index is -1.55. The van der Waals surface area contributed by atoms with E-state index in [-0.39, 0.29) is 11.7 Å². The number of hydrogen-bond donors (Lipinski definition) is 8. The van der Waals surface area contributed by atoms with E-state index in [9.17, 15) is 20.4 Å². The van der Waals surface area contributed by atoms with Crippen LogP contribution in [0.5, 0.6) is 11.5 Å². The zero-order valence-corrected chi connectivity index (χ0v) is 19.3. The maximum Gasteiger partial charge on any atom is 0.187 e. The molecule has 3 heterocycles. The Labute approximate surface area is 202 Å². The minimum absolute atomic E-state index is 0.0984. The van der Waals surface area contributed by atoms with Gasteiger partial charge in [-0.3, -0.25) is 5.84 Å². The molecule has 0 radical (unpaired) electrons. The molecule has 11 atom stereocenters. The van der Waals surface area contributed by atoms with Gasteiger partial charge in [0.15, 0.2) is 17.8 Å². The number of nitrogens with one attached hydrogen (secondary N) is 2. The highest BCUT2D eigenvalue weighted by atomic mass is 16.7. The highest BCUT2D eigenvalue weighted by Gasteiger charge is 2.65. The van der Waals surface area contributed by atoms with Crippen LogP contribution in [0, 0.1) is 5.92 Å². The molecule has 2 aliphatic carbocycles. The smallest absolute Gasteiger partial charge is 0.187 e. The van der Waals surface area contributed by atoms with Crippen LogP contribution in [-0.2, 0) is 21.3 Å². The Morgan fingerprint density at radius 1 is 1.20 bits per heavy atom. The van der Waals surface area contributed by atoms with E-state index in [0.29, 0.717) is 11.8 Å². The van der Waals surface area contributed by atoms with E-state index in [1.54, 1.807) is 6.07 Å². The first kappa shape index (κ1) is 23.6. The van der Waals surface area contributed by atoms with Gasteiger partial charge in [0.05, 0.1) is 6.17 Å². The number of phenolic OH excluding ortho intramolecular Hbond substituents is 1. The molecular weight excluding hydrogens is 458 g/mol. The van der Waals surface area contributed by atoms with Gasteiger partial charge < -0.3 is 45.3 Å². The van der Waals surface area contributed by atoms with Gasteiger partial charge in [-0.1, -0.05) is 18.2 Å². The number of aliphatic hydroxyl groups is 3. The number of hydrazine groups is 2. The number of aliphatic hydroxyl groups excluding tert-OH is 3. The first-order chi connectivity index (χ1) is 16.8. The number of nitrogens with zero attached hydrogens (tertiary/aromatic N) is 1. The number of phenols is 1.